The Morgan fingerprint density at radius 3 is 3.00 bits per heavy atom. The van der Waals surface area contributed by atoms with Gasteiger partial charge in [0.25, 0.3) is 0 Å². The lowest BCUT2D eigenvalue weighted by atomic mass is 10.8. The molecule has 0 aliphatic carbocycles. The number of nitrogens with one attached hydrogen (secondary N) is 1. The maximum atomic E-state index is 3.84. The fourth-order valence-corrected chi connectivity index (χ4v) is 1.19. The molecule has 1 saturated heterocycles. The molecule has 0 bridgehead atoms. The molecule has 2 nitrogen and oxygen atoms in total. The average Bonchev–Trinajstić information content (AvgIpc) is 1.77. The van der Waals surface area contributed by atoms with Gasteiger partial charge in [-0.2, -0.15) is 0 Å². The summed E-state index contributed by atoms with van der Waals surface area (Å²) >= 11 is 1.75. The minimum absolute atomic E-state index is 0.936. The molecule has 0 spiro atoms. The van der Waals surface area contributed by atoms with Crippen molar-refractivity contribution >= 4 is 11.8 Å². The van der Waals surface area contributed by atoms with Crippen molar-refractivity contribution in [3.05, 3.63) is 11.6 Å². The Morgan fingerprint density at radius 2 is 2.62 bits per heavy atom. The van der Waals surface area contributed by atoms with E-state index in [1.807, 2.05) is 7.05 Å². The summed E-state index contributed by atoms with van der Waals surface area (Å²) < 4.78 is 0. The van der Waals surface area contributed by atoms with Gasteiger partial charge in [0.15, 0.2) is 0 Å². The summed E-state index contributed by atoms with van der Waals surface area (Å²) in [6, 6.07) is 0. The highest BCUT2D eigenvalue weighted by Gasteiger charge is 2.06. The number of hydrogen-bond acceptors (Lipinski definition) is 3. The normalized spacial score (nSPS) is 21.6. The summed E-state index contributed by atoms with van der Waals surface area (Å²) in [4.78, 5) is 2.09. The lowest BCUT2D eigenvalue weighted by molar-refractivity contribution is 0.405. The minimum atomic E-state index is 0.936. The van der Waals surface area contributed by atoms with E-state index in [0.29, 0.717) is 0 Å². The van der Waals surface area contributed by atoms with Crippen LogP contribution < -0.4 is 5.32 Å². The maximum Gasteiger partial charge on any atom is 0.0689 e. The van der Waals surface area contributed by atoms with Crippen molar-refractivity contribution < 1.29 is 0 Å². The second-order valence-corrected chi connectivity index (χ2v) is 2.84. The largest absolute Gasteiger partial charge is 0.357 e. The summed E-state index contributed by atoms with van der Waals surface area (Å²) in [5, 5.41) is 4.35. The van der Waals surface area contributed by atoms with Gasteiger partial charge in [0.2, 0.25) is 0 Å². The molecule has 1 N–H and O–H groups in total. The van der Waals surface area contributed by atoms with Crippen LogP contribution in [0.2, 0.25) is 0 Å². The highest BCUT2D eigenvalue weighted by atomic mass is 32.2. The molecule has 0 radical (unpaired) electrons. The van der Waals surface area contributed by atoms with Crippen LogP contribution in [-0.2, 0) is 0 Å². The van der Waals surface area contributed by atoms with Crippen LogP contribution in [0.5, 0.6) is 0 Å². The van der Waals surface area contributed by atoms with E-state index in [1.54, 1.807) is 11.8 Å². The highest BCUT2D eigenvalue weighted by Crippen LogP contribution is 2.17. The number of nitrogens with zero attached hydrogens (tertiary/aromatic N) is 1. The first-order chi connectivity index (χ1) is 3.80. The molecule has 0 aromatic carbocycles. The third-order valence-corrected chi connectivity index (χ3v) is 2.11. The Kier molecular flexibility index (Phi) is 1.81. The molecule has 1 fully saturated rings. The first kappa shape index (κ1) is 5.98. The highest BCUT2D eigenvalue weighted by molar-refractivity contribution is 8.02. The smallest absolute Gasteiger partial charge is 0.0689 e. The Morgan fingerprint density at radius 1 is 1.88 bits per heavy atom. The van der Waals surface area contributed by atoms with Gasteiger partial charge in [-0.15, -0.1) is 0 Å². The maximum absolute atomic E-state index is 3.84. The second kappa shape index (κ2) is 2.42. The van der Waals surface area contributed by atoms with Crippen LogP contribution in [0.15, 0.2) is 11.6 Å². The van der Waals surface area contributed by atoms with Crippen molar-refractivity contribution in [1.29, 1.82) is 0 Å². The van der Waals surface area contributed by atoms with Crippen LogP contribution in [0.3, 0.4) is 0 Å². The number of thioether (sulfide) groups is 1. The van der Waals surface area contributed by atoms with Crippen LogP contribution in [-0.4, -0.2) is 24.5 Å². The standard InChI is InChI=1S/C5H10N2S/c1-5-7(2)3-6-4-8-5/h6H,1,3-4H2,2H3. The van der Waals surface area contributed by atoms with Gasteiger partial charge in [-0.3, -0.25) is 5.32 Å². The van der Waals surface area contributed by atoms with E-state index in [4.69, 9.17) is 0 Å². The van der Waals surface area contributed by atoms with E-state index in [0.717, 1.165) is 17.6 Å². The number of hydrogen-bond donors (Lipinski definition) is 1. The molecular weight excluding hydrogens is 120 g/mol. The number of rotatable bonds is 0. The van der Waals surface area contributed by atoms with Crippen molar-refractivity contribution in [2.45, 2.75) is 0 Å². The monoisotopic (exact) mass is 130 g/mol. The minimum Gasteiger partial charge on any atom is -0.357 e. The van der Waals surface area contributed by atoms with E-state index >= 15 is 0 Å². The summed E-state index contributed by atoms with van der Waals surface area (Å²) in [5.41, 5.74) is 0. The molecule has 8 heavy (non-hydrogen) atoms. The molecule has 46 valence electrons. The van der Waals surface area contributed by atoms with Gasteiger partial charge < -0.3 is 4.90 Å². The first-order valence-electron chi connectivity index (χ1n) is 2.54. The quantitative estimate of drug-likeness (QED) is 0.518. The zero-order valence-electron chi connectivity index (χ0n) is 4.98. The van der Waals surface area contributed by atoms with Crippen LogP contribution in [0, 0.1) is 0 Å². The molecule has 1 aliphatic heterocycles. The summed E-state index contributed by atoms with van der Waals surface area (Å²) in [5.74, 6) is 1.00. The molecule has 3 heteroatoms. The molecule has 0 aromatic rings. The molecule has 1 aliphatic rings. The zero-order valence-corrected chi connectivity index (χ0v) is 5.79. The fourth-order valence-electron chi connectivity index (χ4n) is 0.546. The third-order valence-electron chi connectivity index (χ3n) is 1.12. The van der Waals surface area contributed by atoms with Crippen molar-refractivity contribution in [1.82, 2.24) is 10.2 Å². The van der Waals surface area contributed by atoms with Gasteiger partial charge in [0.1, 0.15) is 0 Å². The third kappa shape index (κ3) is 1.17. The molecule has 0 aromatic heterocycles. The van der Waals surface area contributed by atoms with Gasteiger partial charge in [-0.1, -0.05) is 18.3 Å². The Balaban J connectivity index is 2.39. The SMILES string of the molecule is C=C1SCNCN1C. The summed E-state index contributed by atoms with van der Waals surface area (Å²) in [7, 11) is 2.03. The summed E-state index contributed by atoms with van der Waals surface area (Å²) in [6.07, 6.45) is 0. The van der Waals surface area contributed by atoms with Crippen LogP contribution >= 0.6 is 11.8 Å². The van der Waals surface area contributed by atoms with Crippen LogP contribution in [0.25, 0.3) is 0 Å². The lowest BCUT2D eigenvalue weighted by Crippen LogP contribution is -2.34. The predicted molar refractivity (Wildman–Crippen MR) is 37.4 cm³/mol. The lowest BCUT2D eigenvalue weighted by Gasteiger charge is -2.26. The molecular formula is C5H10N2S. The Hall–Kier alpha value is -0.150. The van der Waals surface area contributed by atoms with Gasteiger partial charge >= 0.3 is 0 Å². The topological polar surface area (TPSA) is 15.3 Å². The van der Waals surface area contributed by atoms with Gasteiger partial charge in [-0.05, 0) is 0 Å². The molecule has 0 saturated carbocycles. The van der Waals surface area contributed by atoms with Gasteiger partial charge in [-0.25, -0.2) is 0 Å². The zero-order chi connectivity index (χ0) is 5.98. The fraction of sp³-hybridized carbons (Fsp3) is 0.600. The van der Waals surface area contributed by atoms with Gasteiger partial charge in [0, 0.05) is 12.9 Å². The van der Waals surface area contributed by atoms with E-state index < -0.39 is 0 Å². The van der Waals surface area contributed by atoms with E-state index in [9.17, 15) is 0 Å². The Labute approximate surface area is 53.9 Å². The van der Waals surface area contributed by atoms with Crippen molar-refractivity contribution in [3.8, 4) is 0 Å². The van der Waals surface area contributed by atoms with Crippen LogP contribution in [0.4, 0.5) is 0 Å². The molecule has 1 heterocycles. The Bertz CT molecular complexity index is 103. The van der Waals surface area contributed by atoms with E-state index in [1.165, 1.54) is 0 Å². The second-order valence-electron chi connectivity index (χ2n) is 1.79. The van der Waals surface area contributed by atoms with Gasteiger partial charge in [0.05, 0.1) is 11.7 Å². The van der Waals surface area contributed by atoms with Crippen LogP contribution in [0.1, 0.15) is 0 Å². The van der Waals surface area contributed by atoms with Crippen molar-refractivity contribution in [2.75, 3.05) is 19.6 Å². The first-order valence-corrected chi connectivity index (χ1v) is 3.53. The van der Waals surface area contributed by atoms with E-state index in [2.05, 4.69) is 16.8 Å². The van der Waals surface area contributed by atoms with E-state index in [-0.39, 0.29) is 0 Å². The predicted octanol–water partition coefficient (Wildman–Crippen LogP) is 0.641. The van der Waals surface area contributed by atoms with Crippen molar-refractivity contribution in [2.24, 2.45) is 0 Å². The molecule has 1 rings (SSSR count). The van der Waals surface area contributed by atoms with Crippen molar-refractivity contribution in [3.63, 3.8) is 0 Å². The molecule has 0 amide bonds. The summed E-state index contributed by atoms with van der Waals surface area (Å²) in [6.45, 7) is 4.78. The molecule has 0 atom stereocenters. The average molecular weight is 130 g/mol. The molecule has 0 unspecified atom stereocenters.